The molecule has 0 spiro atoms. The third-order valence-corrected chi connectivity index (χ3v) is 2.95. The van der Waals surface area contributed by atoms with Crippen molar-refractivity contribution in [2.24, 2.45) is 0 Å². The molecule has 0 aliphatic heterocycles. The number of aliphatic hydroxyl groups is 1. The molecule has 0 radical (unpaired) electrons. The molecule has 0 aromatic heterocycles. The Hall–Kier alpha value is -0.650. The van der Waals surface area contributed by atoms with Crippen LogP contribution < -0.4 is 5.32 Å². The highest BCUT2D eigenvalue weighted by molar-refractivity contribution is 9.10. The molecule has 0 bridgehead atoms. The number of rotatable bonds is 4. The standard InChI is InChI=1S/C11H15BrFNO2/c1-6(5-15)14-7(2)8-3-9(12)10(13)4-11(8)16/h3-4,6-7,14-16H,5H2,1-2H3. The topological polar surface area (TPSA) is 52.5 Å². The number of hydrogen-bond donors (Lipinski definition) is 3. The van der Waals surface area contributed by atoms with Crippen LogP contribution in [0, 0.1) is 5.82 Å². The molecule has 1 rings (SSSR count). The van der Waals surface area contributed by atoms with Gasteiger partial charge in [-0.05, 0) is 35.8 Å². The fourth-order valence-corrected chi connectivity index (χ4v) is 1.83. The molecule has 0 aliphatic carbocycles. The minimum atomic E-state index is -0.497. The molecule has 1 aromatic carbocycles. The largest absolute Gasteiger partial charge is 0.508 e. The van der Waals surface area contributed by atoms with Crippen LogP contribution >= 0.6 is 15.9 Å². The van der Waals surface area contributed by atoms with Crippen LogP contribution in [0.25, 0.3) is 0 Å². The van der Waals surface area contributed by atoms with Gasteiger partial charge >= 0.3 is 0 Å². The lowest BCUT2D eigenvalue weighted by Gasteiger charge is -2.19. The Morgan fingerprint density at radius 1 is 1.44 bits per heavy atom. The van der Waals surface area contributed by atoms with E-state index in [-0.39, 0.29) is 24.4 Å². The van der Waals surface area contributed by atoms with Crippen molar-refractivity contribution in [3.63, 3.8) is 0 Å². The summed E-state index contributed by atoms with van der Waals surface area (Å²) < 4.78 is 13.4. The first-order valence-corrected chi connectivity index (χ1v) is 5.79. The molecule has 0 saturated carbocycles. The second-order valence-corrected chi connectivity index (χ2v) is 4.65. The summed E-state index contributed by atoms with van der Waals surface area (Å²) in [7, 11) is 0. The van der Waals surface area contributed by atoms with Gasteiger partial charge in [-0.25, -0.2) is 4.39 Å². The Morgan fingerprint density at radius 3 is 2.62 bits per heavy atom. The van der Waals surface area contributed by atoms with E-state index in [9.17, 15) is 9.50 Å². The molecule has 1 aromatic rings. The van der Waals surface area contributed by atoms with E-state index in [0.29, 0.717) is 10.0 Å². The number of aliphatic hydroxyl groups excluding tert-OH is 1. The van der Waals surface area contributed by atoms with Crippen LogP contribution in [-0.2, 0) is 0 Å². The lowest BCUT2D eigenvalue weighted by Crippen LogP contribution is -2.31. The summed E-state index contributed by atoms with van der Waals surface area (Å²) in [6, 6.07) is 2.35. The maximum atomic E-state index is 13.1. The molecular weight excluding hydrogens is 277 g/mol. The molecule has 0 saturated heterocycles. The molecule has 90 valence electrons. The normalized spacial score (nSPS) is 14.8. The highest BCUT2D eigenvalue weighted by Gasteiger charge is 2.15. The van der Waals surface area contributed by atoms with Crippen LogP contribution in [0.2, 0.25) is 0 Å². The number of phenolic OH excluding ortho intramolecular Hbond substituents is 1. The van der Waals surface area contributed by atoms with E-state index in [1.807, 2.05) is 13.8 Å². The quantitative estimate of drug-likeness (QED) is 0.798. The molecule has 3 nitrogen and oxygen atoms in total. The molecule has 16 heavy (non-hydrogen) atoms. The van der Waals surface area contributed by atoms with Crippen molar-refractivity contribution in [2.45, 2.75) is 25.9 Å². The maximum absolute atomic E-state index is 13.1. The molecule has 2 atom stereocenters. The Morgan fingerprint density at radius 2 is 2.06 bits per heavy atom. The zero-order chi connectivity index (χ0) is 12.3. The van der Waals surface area contributed by atoms with E-state index in [1.54, 1.807) is 0 Å². The van der Waals surface area contributed by atoms with Crippen molar-refractivity contribution < 1.29 is 14.6 Å². The SMILES string of the molecule is CC(CO)NC(C)c1cc(Br)c(F)cc1O. The lowest BCUT2D eigenvalue weighted by molar-refractivity contribution is 0.242. The average Bonchev–Trinajstić information content (AvgIpc) is 2.23. The fraction of sp³-hybridized carbons (Fsp3) is 0.455. The smallest absolute Gasteiger partial charge is 0.141 e. The Labute approximate surface area is 102 Å². The van der Waals surface area contributed by atoms with Crippen LogP contribution in [-0.4, -0.2) is 22.9 Å². The zero-order valence-corrected chi connectivity index (χ0v) is 10.8. The number of hydrogen-bond acceptors (Lipinski definition) is 3. The minimum Gasteiger partial charge on any atom is -0.508 e. The predicted octanol–water partition coefficient (Wildman–Crippen LogP) is 2.33. The second kappa shape index (κ2) is 5.61. The van der Waals surface area contributed by atoms with E-state index >= 15 is 0 Å². The Bertz CT molecular complexity index is 373. The van der Waals surface area contributed by atoms with Crippen molar-refractivity contribution in [3.05, 3.63) is 28.0 Å². The highest BCUT2D eigenvalue weighted by atomic mass is 79.9. The molecule has 0 amide bonds. The summed E-state index contributed by atoms with van der Waals surface area (Å²) >= 11 is 3.07. The molecule has 2 unspecified atom stereocenters. The third kappa shape index (κ3) is 3.17. The van der Waals surface area contributed by atoms with Gasteiger partial charge in [0, 0.05) is 23.7 Å². The van der Waals surface area contributed by atoms with Crippen LogP contribution in [0.1, 0.15) is 25.5 Å². The molecule has 3 N–H and O–H groups in total. The number of phenols is 1. The van der Waals surface area contributed by atoms with Gasteiger partial charge in [-0.1, -0.05) is 0 Å². The monoisotopic (exact) mass is 291 g/mol. The van der Waals surface area contributed by atoms with E-state index in [4.69, 9.17) is 5.11 Å². The van der Waals surface area contributed by atoms with Gasteiger partial charge in [0.05, 0.1) is 11.1 Å². The van der Waals surface area contributed by atoms with Gasteiger partial charge in [-0.3, -0.25) is 0 Å². The summed E-state index contributed by atoms with van der Waals surface area (Å²) in [6.07, 6.45) is 0. The van der Waals surface area contributed by atoms with E-state index in [0.717, 1.165) is 6.07 Å². The second-order valence-electron chi connectivity index (χ2n) is 3.80. The van der Waals surface area contributed by atoms with E-state index in [1.165, 1.54) is 6.07 Å². The van der Waals surface area contributed by atoms with Gasteiger partial charge in [0.1, 0.15) is 11.6 Å². The van der Waals surface area contributed by atoms with Crippen LogP contribution in [0.4, 0.5) is 4.39 Å². The Kier molecular flexibility index (Phi) is 4.70. The fourth-order valence-electron chi connectivity index (χ4n) is 1.47. The lowest BCUT2D eigenvalue weighted by atomic mass is 10.1. The summed E-state index contributed by atoms with van der Waals surface area (Å²) in [5, 5.41) is 21.6. The molecule has 0 heterocycles. The summed E-state index contributed by atoms with van der Waals surface area (Å²) in [5.74, 6) is -0.588. The maximum Gasteiger partial charge on any atom is 0.141 e. The summed E-state index contributed by atoms with van der Waals surface area (Å²) in [5.41, 5.74) is 0.591. The molecule has 0 aliphatic rings. The van der Waals surface area contributed by atoms with Crippen molar-refractivity contribution >= 4 is 15.9 Å². The van der Waals surface area contributed by atoms with Gasteiger partial charge in [0.2, 0.25) is 0 Å². The predicted molar refractivity (Wildman–Crippen MR) is 63.9 cm³/mol. The van der Waals surface area contributed by atoms with E-state index < -0.39 is 5.82 Å². The van der Waals surface area contributed by atoms with Gasteiger partial charge in [-0.2, -0.15) is 0 Å². The average molecular weight is 292 g/mol. The first kappa shape index (κ1) is 13.4. The molecular formula is C11H15BrFNO2. The first-order valence-electron chi connectivity index (χ1n) is 5.00. The van der Waals surface area contributed by atoms with Gasteiger partial charge in [0.15, 0.2) is 0 Å². The van der Waals surface area contributed by atoms with Gasteiger partial charge < -0.3 is 15.5 Å². The summed E-state index contributed by atoms with van der Waals surface area (Å²) in [6.45, 7) is 3.67. The first-order chi connectivity index (χ1) is 7.45. The van der Waals surface area contributed by atoms with Crippen molar-refractivity contribution in [1.29, 1.82) is 0 Å². The molecule has 5 heteroatoms. The van der Waals surface area contributed by atoms with Crippen molar-refractivity contribution in [2.75, 3.05) is 6.61 Å². The number of halogens is 2. The van der Waals surface area contributed by atoms with Crippen molar-refractivity contribution in [1.82, 2.24) is 5.32 Å². The summed E-state index contributed by atoms with van der Waals surface area (Å²) in [4.78, 5) is 0. The highest BCUT2D eigenvalue weighted by Crippen LogP contribution is 2.29. The number of nitrogens with one attached hydrogen (secondary N) is 1. The third-order valence-electron chi connectivity index (χ3n) is 2.34. The van der Waals surface area contributed by atoms with Crippen molar-refractivity contribution in [3.8, 4) is 5.75 Å². The zero-order valence-electron chi connectivity index (χ0n) is 9.17. The number of benzene rings is 1. The molecule has 0 fully saturated rings. The Balaban J connectivity index is 2.91. The van der Waals surface area contributed by atoms with Crippen LogP contribution in [0.15, 0.2) is 16.6 Å². The minimum absolute atomic E-state index is 0.00741. The van der Waals surface area contributed by atoms with Gasteiger partial charge in [-0.15, -0.1) is 0 Å². The van der Waals surface area contributed by atoms with E-state index in [2.05, 4.69) is 21.2 Å². The van der Waals surface area contributed by atoms with Gasteiger partial charge in [0.25, 0.3) is 0 Å². The van der Waals surface area contributed by atoms with Crippen LogP contribution in [0.5, 0.6) is 5.75 Å². The van der Waals surface area contributed by atoms with Crippen LogP contribution in [0.3, 0.4) is 0 Å². The number of aromatic hydroxyl groups is 1.